The van der Waals surface area contributed by atoms with Crippen LogP contribution in [-0.2, 0) is 8.87 Å². The normalized spacial score (nSPS) is 11.5. The highest BCUT2D eigenvalue weighted by molar-refractivity contribution is 8.72. The summed E-state index contributed by atoms with van der Waals surface area (Å²) >= 11 is 0. The number of methoxy groups -OCH3 is 1. The van der Waals surface area contributed by atoms with Gasteiger partial charge < -0.3 is 9.15 Å². The molecule has 180 valence electrons. The minimum Gasteiger partial charge on any atom is -0.497 e. The van der Waals surface area contributed by atoms with Crippen LogP contribution in [0.15, 0.2) is 99.4 Å². The monoisotopic (exact) mass is 519 g/mol. The molecule has 36 heavy (non-hydrogen) atoms. The van der Waals surface area contributed by atoms with E-state index >= 15 is 0 Å². The van der Waals surface area contributed by atoms with Gasteiger partial charge in [-0.05, 0) is 54.6 Å². The van der Waals surface area contributed by atoms with E-state index in [1.165, 1.54) is 12.1 Å². The van der Waals surface area contributed by atoms with E-state index in [0.717, 1.165) is 23.1 Å². The molecule has 0 spiro atoms. The van der Waals surface area contributed by atoms with Crippen molar-refractivity contribution in [2.75, 3.05) is 7.11 Å². The predicted molar refractivity (Wildman–Crippen MR) is 135 cm³/mol. The first-order valence-corrected chi connectivity index (χ1v) is 13.4. The number of fused-ring (bicyclic) bond motifs is 1. The molecule has 3 aromatic carbocycles. The largest absolute Gasteiger partial charge is 0.497 e. The van der Waals surface area contributed by atoms with Gasteiger partial charge in [-0.15, -0.1) is 0 Å². The van der Waals surface area contributed by atoms with E-state index in [1.54, 1.807) is 25.3 Å². The Morgan fingerprint density at radius 2 is 1.61 bits per heavy atom. The lowest BCUT2D eigenvalue weighted by atomic mass is 10.1. The van der Waals surface area contributed by atoms with Crippen molar-refractivity contribution in [1.29, 1.82) is 0 Å². The molecule has 0 fully saturated rings. The number of nitro benzene ring substituents is 1. The van der Waals surface area contributed by atoms with E-state index in [9.17, 15) is 18.5 Å². The van der Waals surface area contributed by atoms with Crippen LogP contribution in [0, 0.1) is 10.1 Å². The van der Waals surface area contributed by atoms with Crippen molar-refractivity contribution in [2.45, 2.75) is 10.1 Å². The molecule has 0 aliphatic heterocycles. The molecule has 0 amide bonds. The standard InChI is InChI=1S/C25H17N3O6S2/c1-33-19-10-6-16(7-11-19)21-15-22(24-14-17-4-2-3-5-23(17)34-24)27-25(26-21)35-36(31,32)20-12-8-18(9-13-20)28(29)30/h2-15H,1H3. The smallest absolute Gasteiger partial charge is 0.269 e. The molecule has 2 heterocycles. The zero-order chi connectivity index (χ0) is 25.3. The zero-order valence-corrected chi connectivity index (χ0v) is 20.3. The molecule has 5 aromatic rings. The van der Waals surface area contributed by atoms with Crippen LogP contribution in [0.2, 0.25) is 0 Å². The summed E-state index contributed by atoms with van der Waals surface area (Å²) in [6.45, 7) is 0. The third-order valence-corrected chi connectivity index (χ3v) is 8.37. The van der Waals surface area contributed by atoms with E-state index in [-0.39, 0.29) is 15.7 Å². The molecule has 0 bridgehead atoms. The Bertz CT molecular complexity index is 1650. The SMILES string of the molecule is COc1ccc(-c2cc(-c3cc4ccccc4o3)nc(SS(=O)(=O)c3ccc([N+](=O)[O-])cc3)n2)cc1. The molecule has 9 nitrogen and oxygen atoms in total. The number of ether oxygens (including phenoxy) is 1. The molecule has 0 atom stereocenters. The van der Waals surface area contributed by atoms with E-state index in [2.05, 4.69) is 9.97 Å². The van der Waals surface area contributed by atoms with Crippen LogP contribution in [0.25, 0.3) is 33.7 Å². The van der Waals surface area contributed by atoms with E-state index in [4.69, 9.17) is 9.15 Å². The average molecular weight is 520 g/mol. The van der Waals surface area contributed by atoms with Crippen molar-refractivity contribution < 1.29 is 22.5 Å². The van der Waals surface area contributed by atoms with Gasteiger partial charge in [0.25, 0.3) is 5.69 Å². The summed E-state index contributed by atoms with van der Waals surface area (Å²) in [5.74, 6) is 1.13. The summed E-state index contributed by atoms with van der Waals surface area (Å²) < 4.78 is 37.3. The molecule has 0 N–H and O–H groups in total. The van der Waals surface area contributed by atoms with Crippen molar-refractivity contribution in [3.05, 3.63) is 95.0 Å². The first-order chi connectivity index (χ1) is 17.3. The highest BCUT2D eigenvalue weighted by atomic mass is 33.1. The highest BCUT2D eigenvalue weighted by Crippen LogP contribution is 2.35. The lowest BCUT2D eigenvalue weighted by Gasteiger charge is -2.08. The van der Waals surface area contributed by atoms with Gasteiger partial charge in [0.1, 0.15) is 17.0 Å². The third kappa shape index (κ3) is 4.79. The Hall–Kier alpha value is -4.22. The first-order valence-electron chi connectivity index (χ1n) is 10.5. The number of rotatable bonds is 7. The Morgan fingerprint density at radius 3 is 2.28 bits per heavy atom. The fourth-order valence-corrected chi connectivity index (χ4v) is 5.95. The van der Waals surface area contributed by atoms with E-state index in [0.29, 0.717) is 39.3 Å². The van der Waals surface area contributed by atoms with Crippen molar-refractivity contribution in [3.63, 3.8) is 0 Å². The number of nitrogens with zero attached hydrogens (tertiary/aromatic N) is 3. The number of furan rings is 1. The number of para-hydroxylation sites is 1. The Balaban J connectivity index is 1.58. The summed E-state index contributed by atoms with van der Waals surface area (Å²) in [5, 5.41) is 11.8. The molecule has 0 radical (unpaired) electrons. The Kier molecular flexibility index (Phi) is 6.17. The number of hydrogen-bond donors (Lipinski definition) is 0. The third-order valence-electron chi connectivity index (χ3n) is 5.29. The van der Waals surface area contributed by atoms with Crippen LogP contribution in [0.5, 0.6) is 5.75 Å². The predicted octanol–water partition coefficient (Wildman–Crippen LogP) is 5.95. The van der Waals surface area contributed by atoms with E-state index in [1.807, 2.05) is 42.5 Å². The molecular formula is C25H17N3O6S2. The van der Waals surface area contributed by atoms with Gasteiger partial charge >= 0.3 is 0 Å². The van der Waals surface area contributed by atoms with Crippen molar-refractivity contribution in [2.24, 2.45) is 0 Å². The van der Waals surface area contributed by atoms with Crippen LogP contribution in [0.1, 0.15) is 0 Å². The maximum Gasteiger partial charge on any atom is 0.269 e. The number of non-ortho nitro benzene ring substituents is 1. The molecule has 5 rings (SSSR count). The second-order valence-corrected chi connectivity index (χ2v) is 11.3. The molecule has 0 aliphatic carbocycles. The van der Waals surface area contributed by atoms with Crippen LogP contribution in [0.3, 0.4) is 0 Å². The second-order valence-electron chi connectivity index (χ2n) is 7.59. The second kappa shape index (κ2) is 9.44. The summed E-state index contributed by atoms with van der Waals surface area (Å²) in [5.41, 5.74) is 2.09. The van der Waals surface area contributed by atoms with Gasteiger partial charge in [-0.25, -0.2) is 18.4 Å². The summed E-state index contributed by atoms with van der Waals surface area (Å²) in [6, 6.07) is 22.9. The fourth-order valence-electron chi connectivity index (χ4n) is 3.49. The number of hydrogen-bond acceptors (Lipinski definition) is 9. The van der Waals surface area contributed by atoms with Crippen LogP contribution < -0.4 is 4.74 Å². The van der Waals surface area contributed by atoms with Gasteiger partial charge in [0.2, 0.25) is 14.0 Å². The Labute approximate surface area is 209 Å². The minimum atomic E-state index is -3.97. The van der Waals surface area contributed by atoms with Gasteiger partial charge in [-0.3, -0.25) is 10.1 Å². The molecule has 2 aromatic heterocycles. The molecule has 0 saturated carbocycles. The summed E-state index contributed by atoms with van der Waals surface area (Å²) in [4.78, 5) is 19.2. The zero-order valence-electron chi connectivity index (χ0n) is 18.7. The molecule has 11 heteroatoms. The van der Waals surface area contributed by atoms with E-state index < -0.39 is 13.8 Å². The van der Waals surface area contributed by atoms with Crippen molar-refractivity contribution in [3.8, 4) is 28.5 Å². The first kappa shape index (κ1) is 23.5. The quantitative estimate of drug-likeness (QED) is 0.111. The molecule has 0 aliphatic rings. The molecule has 0 unspecified atom stereocenters. The van der Waals surface area contributed by atoms with Gasteiger partial charge in [-0.2, -0.15) is 0 Å². The fraction of sp³-hybridized carbons (Fsp3) is 0.0400. The minimum absolute atomic E-state index is 0.0165. The maximum atomic E-state index is 13.1. The molecule has 0 saturated heterocycles. The molecular weight excluding hydrogens is 502 g/mol. The summed E-state index contributed by atoms with van der Waals surface area (Å²) in [6.07, 6.45) is 0. The number of nitro groups is 1. The topological polar surface area (TPSA) is 125 Å². The lowest BCUT2D eigenvalue weighted by Crippen LogP contribution is -2.00. The van der Waals surface area contributed by atoms with Crippen LogP contribution >= 0.6 is 10.8 Å². The lowest BCUT2D eigenvalue weighted by molar-refractivity contribution is -0.384. The van der Waals surface area contributed by atoms with Gasteiger partial charge in [0, 0.05) is 23.1 Å². The van der Waals surface area contributed by atoms with Crippen LogP contribution in [0.4, 0.5) is 5.69 Å². The van der Waals surface area contributed by atoms with Crippen LogP contribution in [-0.4, -0.2) is 30.4 Å². The van der Waals surface area contributed by atoms with Gasteiger partial charge in [0.05, 0.1) is 33.4 Å². The maximum absolute atomic E-state index is 13.1. The summed E-state index contributed by atoms with van der Waals surface area (Å²) in [7, 11) is -1.94. The Morgan fingerprint density at radius 1 is 0.917 bits per heavy atom. The van der Waals surface area contributed by atoms with Crippen molar-refractivity contribution >= 4 is 36.3 Å². The number of aromatic nitrogens is 2. The average Bonchev–Trinajstić information content (AvgIpc) is 3.33. The van der Waals surface area contributed by atoms with Crippen molar-refractivity contribution in [1.82, 2.24) is 9.97 Å². The van der Waals surface area contributed by atoms with Gasteiger partial charge in [0.15, 0.2) is 5.76 Å². The number of benzene rings is 3. The van der Waals surface area contributed by atoms with Gasteiger partial charge in [-0.1, -0.05) is 18.2 Å². The highest BCUT2D eigenvalue weighted by Gasteiger charge is 2.22.